The Labute approximate surface area is 157 Å². The van der Waals surface area contributed by atoms with Crippen molar-refractivity contribution in [2.24, 2.45) is 5.92 Å². The van der Waals surface area contributed by atoms with Gasteiger partial charge in [0.1, 0.15) is 17.8 Å². The smallest absolute Gasteiger partial charge is 0.273 e. The lowest BCUT2D eigenvalue weighted by atomic mass is 10.1. The number of H-pyrrole nitrogens is 1. The zero-order valence-corrected chi connectivity index (χ0v) is 15.6. The first kappa shape index (κ1) is 17.4. The SMILES string of the molecule is CC(C)CNC(=O)c1cn(C2CCN(c3ncnc4[nH]ccc34)CC2)nn1. The number of amides is 1. The molecule has 0 radical (unpaired) electrons. The summed E-state index contributed by atoms with van der Waals surface area (Å²) < 4.78 is 1.83. The monoisotopic (exact) mass is 368 g/mol. The Kier molecular flexibility index (Phi) is 4.74. The van der Waals surface area contributed by atoms with Gasteiger partial charge in [0.15, 0.2) is 5.69 Å². The fraction of sp³-hybridized carbons (Fsp3) is 0.500. The molecule has 142 valence electrons. The molecule has 4 rings (SSSR count). The molecule has 27 heavy (non-hydrogen) atoms. The van der Waals surface area contributed by atoms with Gasteiger partial charge < -0.3 is 15.2 Å². The van der Waals surface area contributed by atoms with Gasteiger partial charge in [0, 0.05) is 25.8 Å². The summed E-state index contributed by atoms with van der Waals surface area (Å²) in [4.78, 5) is 26.3. The highest BCUT2D eigenvalue weighted by molar-refractivity contribution is 5.91. The third kappa shape index (κ3) is 3.62. The van der Waals surface area contributed by atoms with Crippen molar-refractivity contribution in [1.29, 1.82) is 0 Å². The molecule has 3 aromatic heterocycles. The van der Waals surface area contributed by atoms with Crippen molar-refractivity contribution < 1.29 is 4.79 Å². The van der Waals surface area contributed by atoms with E-state index >= 15 is 0 Å². The molecule has 1 fully saturated rings. The second kappa shape index (κ2) is 7.34. The summed E-state index contributed by atoms with van der Waals surface area (Å²) in [5.74, 6) is 1.21. The van der Waals surface area contributed by atoms with Gasteiger partial charge in [0.05, 0.1) is 17.6 Å². The molecule has 1 saturated heterocycles. The number of piperidine rings is 1. The maximum Gasteiger partial charge on any atom is 0.273 e. The molecule has 3 aromatic rings. The number of aromatic nitrogens is 6. The van der Waals surface area contributed by atoms with Crippen LogP contribution in [0.25, 0.3) is 11.0 Å². The van der Waals surface area contributed by atoms with Crippen LogP contribution in [0.2, 0.25) is 0 Å². The first-order chi connectivity index (χ1) is 13.1. The maximum atomic E-state index is 12.1. The fourth-order valence-electron chi connectivity index (χ4n) is 3.40. The van der Waals surface area contributed by atoms with Crippen LogP contribution in [0, 0.1) is 5.92 Å². The summed E-state index contributed by atoms with van der Waals surface area (Å²) in [7, 11) is 0. The number of rotatable bonds is 5. The standard InChI is InChI=1S/C18H24N8O/c1-12(2)9-20-18(27)15-10-26(24-23-15)13-4-7-25(8-5-13)17-14-3-6-19-16(14)21-11-22-17/h3,6,10-13H,4-5,7-9H2,1-2H3,(H,20,27)(H,19,21,22). The Morgan fingerprint density at radius 3 is 2.93 bits per heavy atom. The zero-order valence-electron chi connectivity index (χ0n) is 15.6. The van der Waals surface area contributed by atoms with Crippen LogP contribution in [0.15, 0.2) is 24.8 Å². The van der Waals surface area contributed by atoms with E-state index in [1.165, 1.54) is 0 Å². The number of fused-ring (bicyclic) bond motifs is 1. The molecule has 0 unspecified atom stereocenters. The molecule has 1 aliphatic heterocycles. The van der Waals surface area contributed by atoms with Crippen molar-refractivity contribution in [3.63, 3.8) is 0 Å². The Morgan fingerprint density at radius 1 is 1.33 bits per heavy atom. The molecule has 0 saturated carbocycles. The van der Waals surface area contributed by atoms with E-state index in [9.17, 15) is 4.79 Å². The van der Waals surface area contributed by atoms with Gasteiger partial charge in [0.2, 0.25) is 0 Å². The maximum absolute atomic E-state index is 12.1. The minimum atomic E-state index is -0.164. The van der Waals surface area contributed by atoms with Crippen molar-refractivity contribution in [3.8, 4) is 0 Å². The lowest BCUT2D eigenvalue weighted by Gasteiger charge is -2.32. The molecule has 0 aliphatic carbocycles. The van der Waals surface area contributed by atoms with Crippen LogP contribution in [0.3, 0.4) is 0 Å². The third-order valence-corrected chi connectivity index (χ3v) is 4.88. The average Bonchev–Trinajstić information content (AvgIpc) is 3.35. The zero-order chi connectivity index (χ0) is 18.8. The van der Waals surface area contributed by atoms with E-state index in [0.717, 1.165) is 42.8 Å². The van der Waals surface area contributed by atoms with E-state index in [0.29, 0.717) is 18.2 Å². The van der Waals surface area contributed by atoms with Gasteiger partial charge in [-0.15, -0.1) is 5.10 Å². The summed E-state index contributed by atoms with van der Waals surface area (Å²) in [6.45, 7) is 6.50. The van der Waals surface area contributed by atoms with Gasteiger partial charge in [-0.05, 0) is 24.8 Å². The largest absolute Gasteiger partial charge is 0.356 e. The minimum absolute atomic E-state index is 0.164. The predicted octanol–water partition coefficient (Wildman–Crippen LogP) is 1.78. The molecule has 0 atom stereocenters. The lowest BCUT2D eigenvalue weighted by molar-refractivity contribution is 0.0944. The first-order valence-electron chi connectivity index (χ1n) is 9.35. The molecule has 9 heteroatoms. The van der Waals surface area contributed by atoms with Crippen LogP contribution in [-0.2, 0) is 0 Å². The fourth-order valence-corrected chi connectivity index (χ4v) is 3.40. The number of anilines is 1. The number of aromatic amines is 1. The highest BCUT2D eigenvalue weighted by atomic mass is 16.2. The Hall–Kier alpha value is -2.97. The molecule has 1 amide bonds. The van der Waals surface area contributed by atoms with Crippen molar-refractivity contribution in [1.82, 2.24) is 35.3 Å². The Balaban J connectivity index is 1.40. The molecule has 0 spiro atoms. The number of hydrogen-bond donors (Lipinski definition) is 2. The molecular weight excluding hydrogens is 344 g/mol. The second-order valence-corrected chi connectivity index (χ2v) is 7.34. The van der Waals surface area contributed by atoms with E-state index in [4.69, 9.17) is 0 Å². The van der Waals surface area contributed by atoms with Gasteiger partial charge in [-0.25, -0.2) is 14.6 Å². The van der Waals surface area contributed by atoms with E-state index in [1.54, 1.807) is 12.5 Å². The number of carbonyl (C=O) groups is 1. The highest BCUT2D eigenvalue weighted by Gasteiger charge is 2.24. The topological polar surface area (TPSA) is 105 Å². The number of carbonyl (C=O) groups excluding carboxylic acids is 1. The summed E-state index contributed by atoms with van der Waals surface area (Å²) in [6, 6.07) is 2.25. The summed E-state index contributed by atoms with van der Waals surface area (Å²) >= 11 is 0. The molecular formula is C18H24N8O. The van der Waals surface area contributed by atoms with Crippen molar-refractivity contribution >= 4 is 22.8 Å². The van der Waals surface area contributed by atoms with Crippen LogP contribution >= 0.6 is 0 Å². The quantitative estimate of drug-likeness (QED) is 0.711. The average molecular weight is 368 g/mol. The second-order valence-electron chi connectivity index (χ2n) is 7.34. The third-order valence-electron chi connectivity index (χ3n) is 4.88. The van der Waals surface area contributed by atoms with Crippen molar-refractivity contribution in [3.05, 3.63) is 30.5 Å². The molecule has 4 heterocycles. The normalized spacial score (nSPS) is 15.6. The van der Waals surface area contributed by atoms with Crippen LogP contribution in [-0.4, -0.2) is 55.5 Å². The molecule has 9 nitrogen and oxygen atoms in total. The van der Waals surface area contributed by atoms with Gasteiger partial charge in [-0.3, -0.25) is 4.79 Å². The van der Waals surface area contributed by atoms with Crippen LogP contribution in [0.5, 0.6) is 0 Å². The van der Waals surface area contributed by atoms with E-state index < -0.39 is 0 Å². The number of hydrogen-bond acceptors (Lipinski definition) is 6. The number of nitrogens with one attached hydrogen (secondary N) is 2. The predicted molar refractivity (Wildman–Crippen MR) is 102 cm³/mol. The van der Waals surface area contributed by atoms with E-state index in [-0.39, 0.29) is 11.9 Å². The molecule has 0 aromatic carbocycles. The van der Waals surface area contributed by atoms with Crippen molar-refractivity contribution in [2.75, 3.05) is 24.5 Å². The van der Waals surface area contributed by atoms with Gasteiger partial charge in [-0.2, -0.15) is 0 Å². The highest BCUT2D eigenvalue weighted by Crippen LogP contribution is 2.28. The number of nitrogens with zero attached hydrogens (tertiary/aromatic N) is 6. The van der Waals surface area contributed by atoms with Gasteiger partial charge in [-0.1, -0.05) is 19.1 Å². The Morgan fingerprint density at radius 2 is 2.15 bits per heavy atom. The molecule has 0 bridgehead atoms. The van der Waals surface area contributed by atoms with E-state index in [1.807, 2.05) is 16.9 Å². The van der Waals surface area contributed by atoms with Gasteiger partial charge >= 0.3 is 0 Å². The summed E-state index contributed by atoms with van der Waals surface area (Å²) in [5, 5.41) is 12.1. The summed E-state index contributed by atoms with van der Waals surface area (Å²) in [6.07, 6.45) is 7.08. The van der Waals surface area contributed by atoms with Crippen LogP contribution in [0.1, 0.15) is 43.2 Å². The van der Waals surface area contributed by atoms with E-state index in [2.05, 4.69) is 49.3 Å². The minimum Gasteiger partial charge on any atom is -0.356 e. The first-order valence-corrected chi connectivity index (χ1v) is 9.35. The summed E-state index contributed by atoms with van der Waals surface area (Å²) in [5.41, 5.74) is 1.23. The Bertz CT molecular complexity index is 922. The van der Waals surface area contributed by atoms with Crippen molar-refractivity contribution in [2.45, 2.75) is 32.7 Å². The lowest BCUT2D eigenvalue weighted by Crippen LogP contribution is -2.35. The van der Waals surface area contributed by atoms with Crippen LogP contribution in [0.4, 0.5) is 5.82 Å². The molecule has 2 N–H and O–H groups in total. The van der Waals surface area contributed by atoms with Gasteiger partial charge in [0.25, 0.3) is 5.91 Å². The molecule has 1 aliphatic rings. The van der Waals surface area contributed by atoms with Crippen LogP contribution < -0.4 is 10.2 Å².